The molecule has 19 heavy (non-hydrogen) atoms. The third-order valence-electron chi connectivity index (χ3n) is 2.76. The van der Waals surface area contributed by atoms with Gasteiger partial charge in [0.2, 0.25) is 0 Å². The second-order valence-corrected chi connectivity index (χ2v) is 4.93. The number of nitrogens with zero attached hydrogens (tertiary/aromatic N) is 1. The Morgan fingerprint density at radius 3 is 2.74 bits per heavy atom. The van der Waals surface area contributed by atoms with Crippen LogP contribution in [0.1, 0.15) is 29.7 Å². The molecule has 0 amide bonds. The van der Waals surface area contributed by atoms with E-state index >= 15 is 0 Å². The smallest absolute Gasteiger partial charge is 0.138 e. The Bertz CT molecular complexity index is 570. The molecule has 1 aromatic carbocycles. The predicted octanol–water partition coefficient (Wildman–Crippen LogP) is 3.68. The minimum atomic E-state index is -0.535. The highest BCUT2D eigenvalue weighted by Gasteiger charge is 2.07. The van der Waals surface area contributed by atoms with Crippen LogP contribution in [-0.2, 0) is 6.61 Å². The van der Waals surface area contributed by atoms with Gasteiger partial charge in [0, 0.05) is 18.0 Å². The first kappa shape index (κ1) is 13.8. The molecule has 4 heteroatoms. The molecule has 0 spiro atoms. The number of aliphatic hydroxyl groups excluding tert-OH is 1. The van der Waals surface area contributed by atoms with Crippen LogP contribution in [0, 0.1) is 6.92 Å². The normalized spacial score (nSPS) is 12.2. The van der Waals surface area contributed by atoms with Gasteiger partial charge in [-0.2, -0.15) is 0 Å². The van der Waals surface area contributed by atoms with Crippen molar-refractivity contribution in [2.24, 2.45) is 0 Å². The number of rotatable bonds is 4. The van der Waals surface area contributed by atoms with Crippen LogP contribution < -0.4 is 4.74 Å². The van der Waals surface area contributed by atoms with Gasteiger partial charge < -0.3 is 9.84 Å². The van der Waals surface area contributed by atoms with E-state index in [1.54, 1.807) is 37.5 Å². The molecule has 0 radical (unpaired) electrons. The number of pyridine rings is 1. The van der Waals surface area contributed by atoms with Gasteiger partial charge >= 0.3 is 0 Å². The first-order chi connectivity index (χ1) is 9.06. The molecule has 1 atom stereocenters. The SMILES string of the molecule is Cc1cncc(COc2ccc(C(C)O)cc2Cl)c1. The average molecular weight is 278 g/mol. The second kappa shape index (κ2) is 6.04. The lowest BCUT2D eigenvalue weighted by Crippen LogP contribution is -1.98. The Morgan fingerprint density at radius 2 is 2.11 bits per heavy atom. The van der Waals surface area contributed by atoms with Crippen molar-refractivity contribution in [2.45, 2.75) is 26.6 Å². The van der Waals surface area contributed by atoms with Crippen LogP contribution in [-0.4, -0.2) is 10.1 Å². The van der Waals surface area contributed by atoms with Crippen LogP contribution in [0.2, 0.25) is 5.02 Å². The molecule has 0 bridgehead atoms. The zero-order valence-electron chi connectivity index (χ0n) is 10.9. The molecule has 100 valence electrons. The fourth-order valence-electron chi connectivity index (χ4n) is 1.75. The summed E-state index contributed by atoms with van der Waals surface area (Å²) in [6.07, 6.45) is 3.03. The highest BCUT2D eigenvalue weighted by Crippen LogP contribution is 2.28. The van der Waals surface area contributed by atoms with Crippen molar-refractivity contribution in [3.63, 3.8) is 0 Å². The van der Waals surface area contributed by atoms with E-state index in [0.717, 1.165) is 16.7 Å². The summed E-state index contributed by atoms with van der Waals surface area (Å²) in [6.45, 7) is 4.11. The van der Waals surface area contributed by atoms with E-state index in [1.807, 2.05) is 13.0 Å². The van der Waals surface area contributed by atoms with Crippen LogP contribution >= 0.6 is 11.6 Å². The monoisotopic (exact) mass is 277 g/mol. The molecule has 0 saturated heterocycles. The second-order valence-electron chi connectivity index (χ2n) is 4.53. The van der Waals surface area contributed by atoms with Gasteiger partial charge in [0.25, 0.3) is 0 Å². The number of aromatic nitrogens is 1. The van der Waals surface area contributed by atoms with Gasteiger partial charge in [-0.25, -0.2) is 0 Å². The van der Waals surface area contributed by atoms with Gasteiger partial charge in [-0.1, -0.05) is 17.7 Å². The van der Waals surface area contributed by atoms with E-state index in [-0.39, 0.29) is 0 Å². The fraction of sp³-hybridized carbons (Fsp3) is 0.267. The fourth-order valence-corrected chi connectivity index (χ4v) is 2.00. The van der Waals surface area contributed by atoms with Crippen molar-refractivity contribution in [3.8, 4) is 5.75 Å². The number of halogens is 1. The lowest BCUT2D eigenvalue weighted by molar-refractivity contribution is 0.199. The number of benzene rings is 1. The van der Waals surface area contributed by atoms with Gasteiger partial charge in [-0.05, 0) is 43.2 Å². The third-order valence-corrected chi connectivity index (χ3v) is 3.06. The summed E-state index contributed by atoms with van der Waals surface area (Å²) in [7, 11) is 0. The average Bonchev–Trinajstić information content (AvgIpc) is 2.37. The van der Waals surface area contributed by atoms with E-state index in [1.165, 1.54) is 0 Å². The molecule has 0 fully saturated rings. The van der Waals surface area contributed by atoms with Crippen molar-refractivity contribution in [1.29, 1.82) is 0 Å². The van der Waals surface area contributed by atoms with Crippen LogP contribution in [0.3, 0.4) is 0 Å². The maximum Gasteiger partial charge on any atom is 0.138 e. The molecule has 1 N–H and O–H groups in total. The molecule has 0 aliphatic heterocycles. The van der Waals surface area contributed by atoms with Gasteiger partial charge in [-0.3, -0.25) is 4.98 Å². The van der Waals surface area contributed by atoms with E-state index in [9.17, 15) is 5.11 Å². The largest absolute Gasteiger partial charge is 0.487 e. The Morgan fingerprint density at radius 1 is 1.32 bits per heavy atom. The Balaban J connectivity index is 2.07. The molecule has 0 aliphatic rings. The molecule has 1 heterocycles. The standard InChI is InChI=1S/C15H16ClNO2/c1-10-5-12(8-17-7-10)9-19-15-4-3-13(11(2)18)6-14(15)16/h3-8,11,18H,9H2,1-2H3. The van der Waals surface area contributed by atoms with Crippen LogP contribution in [0.25, 0.3) is 0 Å². The van der Waals surface area contributed by atoms with Crippen LogP contribution in [0.4, 0.5) is 0 Å². The Hall–Kier alpha value is -1.58. The summed E-state index contributed by atoms with van der Waals surface area (Å²) in [6, 6.07) is 7.31. The first-order valence-electron chi connectivity index (χ1n) is 6.07. The number of hydrogen-bond acceptors (Lipinski definition) is 3. The lowest BCUT2D eigenvalue weighted by Gasteiger charge is -2.11. The van der Waals surface area contributed by atoms with Gasteiger partial charge in [0.15, 0.2) is 0 Å². The van der Waals surface area contributed by atoms with E-state index in [4.69, 9.17) is 16.3 Å². The zero-order chi connectivity index (χ0) is 13.8. The first-order valence-corrected chi connectivity index (χ1v) is 6.45. The van der Waals surface area contributed by atoms with E-state index in [2.05, 4.69) is 4.98 Å². The lowest BCUT2D eigenvalue weighted by atomic mass is 10.1. The third kappa shape index (κ3) is 3.69. The van der Waals surface area contributed by atoms with Crippen molar-refractivity contribution >= 4 is 11.6 Å². The molecular formula is C15H16ClNO2. The molecule has 1 unspecified atom stereocenters. The van der Waals surface area contributed by atoms with E-state index < -0.39 is 6.10 Å². The van der Waals surface area contributed by atoms with Crippen molar-refractivity contribution in [1.82, 2.24) is 4.98 Å². The summed E-state index contributed by atoms with van der Waals surface area (Å²) in [5, 5.41) is 9.97. The number of ether oxygens (including phenoxy) is 1. The highest BCUT2D eigenvalue weighted by atomic mass is 35.5. The van der Waals surface area contributed by atoms with E-state index in [0.29, 0.717) is 17.4 Å². The quantitative estimate of drug-likeness (QED) is 0.927. The zero-order valence-corrected chi connectivity index (χ0v) is 11.7. The molecule has 2 rings (SSSR count). The summed E-state index contributed by atoms with van der Waals surface area (Å²) in [5.41, 5.74) is 2.86. The molecular weight excluding hydrogens is 262 g/mol. The maximum absolute atomic E-state index is 9.47. The van der Waals surface area contributed by atoms with Crippen molar-refractivity contribution < 1.29 is 9.84 Å². The van der Waals surface area contributed by atoms with Gasteiger partial charge in [0.05, 0.1) is 11.1 Å². The van der Waals surface area contributed by atoms with Gasteiger partial charge in [-0.15, -0.1) is 0 Å². The molecule has 0 saturated carbocycles. The van der Waals surface area contributed by atoms with Gasteiger partial charge in [0.1, 0.15) is 12.4 Å². The summed E-state index contributed by atoms with van der Waals surface area (Å²) >= 11 is 6.12. The molecule has 3 nitrogen and oxygen atoms in total. The summed E-state index contributed by atoms with van der Waals surface area (Å²) < 4.78 is 5.66. The molecule has 1 aromatic heterocycles. The molecule has 0 aliphatic carbocycles. The minimum absolute atomic E-state index is 0.419. The highest BCUT2D eigenvalue weighted by molar-refractivity contribution is 6.32. The van der Waals surface area contributed by atoms with Crippen LogP contribution in [0.5, 0.6) is 5.75 Å². The summed E-state index contributed by atoms with van der Waals surface area (Å²) in [5.74, 6) is 0.604. The number of aryl methyl sites for hydroxylation is 1. The van der Waals surface area contributed by atoms with Crippen LogP contribution in [0.15, 0.2) is 36.7 Å². The predicted molar refractivity (Wildman–Crippen MR) is 75.4 cm³/mol. The van der Waals surface area contributed by atoms with Crippen molar-refractivity contribution in [2.75, 3.05) is 0 Å². The Kier molecular flexibility index (Phi) is 4.40. The number of aliphatic hydroxyl groups is 1. The Labute approximate surface area is 117 Å². The molecule has 2 aromatic rings. The summed E-state index contributed by atoms with van der Waals surface area (Å²) in [4.78, 5) is 4.11. The van der Waals surface area contributed by atoms with Crippen molar-refractivity contribution in [3.05, 3.63) is 58.4 Å². The number of hydrogen-bond donors (Lipinski definition) is 1. The minimum Gasteiger partial charge on any atom is -0.487 e. The maximum atomic E-state index is 9.47. The topological polar surface area (TPSA) is 42.4 Å².